The van der Waals surface area contributed by atoms with E-state index < -0.39 is 17.6 Å². The highest BCUT2D eigenvalue weighted by molar-refractivity contribution is 9.11. The first-order valence-electron chi connectivity index (χ1n) is 5.56. The number of hydrogen-bond donors (Lipinski definition) is 1. The summed E-state index contributed by atoms with van der Waals surface area (Å²) in [7, 11) is 0. The lowest BCUT2D eigenvalue weighted by Gasteiger charge is -2.13. The topological polar surface area (TPSA) is 29.1 Å². The largest absolute Gasteiger partial charge is 0.418 e. The number of benzene rings is 1. The number of para-hydroxylation sites is 1. The number of anilines is 1. The van der Waals surface area contributed by atoms with Gasteiger partial charge in [0, 0.05) is 4.88 Å². The SMILES string of the molecule is O=C(Cc1ccc(Br)s1)Nc1ccccc1C(F)(F)F. The average molecular weight is 364 g/mol. The van der Waals surface area contributed by atoms with Gasteiger partial charge in [-0.05, 0) is 40.2 Å². The molecule has 2 nitrogen and oxygen atoms in total. The second kappa shape index (κ2) is 5.97. The Morgan fingerprint density at radius 1 is 1.20 bits per heavy atom. The summed E-state index contributed by atoms with van der Waals surface area (Å²) in [6.07, 6.45) is -4.45. The summed E-state index contributed by atoms with van der Waals surface area (Å²) in [6, 6.07) is 8.46. The number of amides is 1. The molecule has 0 unspecified atom stereocenters. The molecular formula is C13H9BrF3NOS. The van der Waals surface area contributed by atoms with Crippen molar-refractivity contribution in [1.29, 1.82) is 0 Å². The first-order valence-corrected chi connectivity index (χ1v) is 7.17. The van der Waals surface area contributed by atoms with E-state index in [4.69, 9.17) is 0 Å². The molecule has 0 aliphatic heterocycles. The molecule has 2 aromatic rings. The van der Waals surface area contributed by atoms with Crippen LogP contribution in [0, 0.1) is 0 Å². The average Bonchev–Trinajstić information content (AvgIpc) is 2.73. The number of nitrogens with one attached hydrogen (secondary N) is 1. The lowest BCUT2D eigenvalue weighted by Crippen LogP contribution is -2.17. The van der Waals surface area contributed by atoms with Gasteiger partial charge in [-0.1, -0.05) is 12.1 Å². The second-order valence-electron chi connectivity index (χ2n) is 3.97. The predicted octanol–water partition coefficient (Wildman–Crippen LogP) is 4.71. The van der Waals surface area contributed by atoms with Gasteiger partial charge < -0.3 is 5.32 Å². The standard InChI is InChI=1S/C13H9BrF3NOS/c14-11-6-5-8(20-11)7-12(19)18-10-4-2-1-3-9(10)13(15,16)17/h1-6H,7H2,(H,18,19). The summed E-state index contributed by atoms with van der Waals surface area (Å²) in [5, 5.41) is 2.31. The van der Waals surface area contributed by atoms with E-state index in [2.05, 4.69) is 21.2 Å². The van der Waals surface area contributed by atoms with E-state index in [1.165, 1.54) is 29.5 Å². The Hall–Kier alpha value is -1.34. The summed E-state index contributed by atoms with van der Waals surface area (Å²) in [6.45, 7) is 0. The molecular weight excluding hydrogens is 355 g/mol. The van der Waals surface area contributed by atoms with Crippen LogP contribution in [0.25, 0.3) is 0 Å². The van der Waals surface area contributed by atoms with E-state index in [1.807, 2.05) is 0 Å². The highest BCUT2D eigenvalue weighted by Crippen LogP contribution is 2.34. The monoisotopic (exact) mass is 363 g/mol. The summed E-state index contributed by atoms with van der Waals surface area (Å²) < 4.78 is 39.2. The van der Waals surface area contributed by atoms with Crippen molar-refractivity contribution < 1.29 is 18.0 Å². The van der Waals surface area contributed by atoms with Crippen molar-refractivity contribution in [2.45, 2.75) is 12.6 Å². The van der Waals surface area contributed by atoms with Crippen LogP contribution >= 0.6 is 27.3 Å². The van der Waals surface area contributed by atoms with E-state index >= 15 is 0 Å². The number of alkyl halides is 3. The van der Waals surface area contributed by atoms with Crippen LogP contribution in [0.2, 0.25) is 0 Å². The van der Waals surface area contributed by atoms with Crippen LogP contribution in [0.3, 0.4) is 0 Å². The van der Waals surface area contributed by atoms with Crippen LogP contribution in [-0.4, -0.2) is 5.91 Å². The Kier molecular flexibility index (Phi) is 4.49. The fourth-order valence-electron chi connectivity index (χ4n) is 1.64. The highest BCUT2D eigenvalue weighted by atomic mass is 79.9. The Morgan fingerprint density at radius 2 is 1.90 bits per heavy atom. The molecule has 1 N–H and O–H groups in total. The maximum atomic E-state index is 12.8. The zero-order valence-corrected chi connectivity index (χ0v) is 12.4. The first kappa shape index (κ1) is 15.1. The highest BCUT2D eigenvalue weighted by Gasteiger charge is 2.33. The van der Waals surface area contributed by atoms with E-state index in [-0.39, 0.29) is 12.1 Å². The van der Waals surface area contributed by atoms with E-state index in [9.17, 15) is 18.0 Å². The van der Waals surface area contributed by atoms with Gasteiger partial charge in [0.25, 0.3) is 0 Å². The third-order valence-corrected chi connectivity index (χ3v) is 4.09. The molecule has 1 aromatic heterocycles. The van der Waals surface area contributed by atoms with Crippen molar-refractivity contribution in [3.8, 4) is 0 Å². The smallest absolute Gasteiger partial charge is 0.325 e. The van der Waals surface area contributed by atoms with Crippen molar-refractivity contribution in [3.05, 3.63) is 50.6 Å². The number of rotatable bonds is 3. The fraction of sp³-hybridized carbons (Fsp3) is 0.154. The summed E-state index contributed by atoms with van der Waals surface area (Å²) in [4.78, 5) is 12.6. The first-order chi connectivity index (χ1) is 9.36. The van der Waals surface area contributed by atoms with Crippen molar-refractivity contribution in [2.24, 2.45) is 0 Å². The van der Waals surface area contributed by atoms with Crippen LogP contribution in [-0.2, 0) is 17.4 Å². The summed E-state index contributed by atoms with van der Waals surface area (Å²) in [5.41, 5.74) is -1.07. The molecule has 1 amide bonds. The molecule has 0 aliphatic carbocycles. The van der Waals surface area contributed by atoms with Gasteiger partial charge in [0.1, 0.15) is 0 Å². The Labute approximate surface area is 125 Å². The Balaban J connectivity index is 2.12. The molecule has 0 aliphatic rings. The molecule has 20 heavy (non-hydrogen) atoms. The van der Waals surface area contributed by atoms with Crippen molar-refractivity contribution in [1.82, 2.24) is 0 Å². The van der Waals surface area contributed by atoms with Crippen molar-refractivity contribution in [2.75, 3.05) is 5.32 Å². The quantitative estimate of drug-likeness (QED) is 0.840. The molecule has 1 aromatic carbocycles. The van der Waals surface area contributed by atoms with E-state index in [0.29, 0.717) is 0 Å². The summed E-state index contributed by atoms with van der Waals surface area (Å²) >= 11 is 4.63. The van der Waals surface area contributed by atoms with Crippen LogP contribution in [0.1, 0.15) is 10.4 Å². The molecule has 0 radical (unpaired) electrons. The third-order valence-electron chi connectivity index (χ3n) is 2.47. The van der Waals surface area contributed by atoms with Crippen molar-refractivity contribution in [3.63, 3.8) is 0 Å². The van der Waals surface area contributed by atoms with Gasteiger partial charge in [-0.2, -0.15) is 13.2 Å². The van der Waals surface area contributed by atoms with Gasteiger partial charge in [0.2, 0.25) is 5.91 Å². The Morgan fingerprint density at radius 3 is 2.50 bits per heavy atom. The lowest BCUT2D eigenvalue weighted by molar-refractivity contribution is -0.137. The number of carbonyl (C=O) groups excluding carboxylic acids is 1. The fourth-order valence-corrected chi connectivity index (χ4v) is 3.12. The number of carbonyl (C=O) groups is 1. The summed E-state index contributed by atoms with van der Waals surface area (Å²) in [5.74, 6) is -0.476. The number of thiophene rings is 1. The van der Waals surface area contributed by atoms with Gasteiger partial charge in [0.05, 0.1) is 21.5 Å². The molecule has 0 fully saturated rings. The third kappa shape index (κ3) is 3.83. The molecule has 0 spiro atoms. The van der Waals surface area contributed by atoms with E-state index in [0.717, 1.165) is 14.7 Å². The van der Waals surface area contributed by atoms with Crippen molar-refractivity contribution >= 4 is 38.9 Å². The molecule has 106 valence electrons. The molecule has 0 bridgehead atoms. The minimum atomic E-state index is -4.49. The van der Waals surface area contributed by atoms with Crippen LogP contribution in [0.15, 0.2) is 40.2 Å². The molecule has 1 heterocycles. The normalized spacial score (nSPS) is 11.4. The van der Waals surface area contributed by atoms with Gasteiger partial charge in [-0.25, -0.2) is 0 Å². The zero-order valence-electron chi connectivity index (χ0n) is 10.00. The van der Waals surface area contributed by atoms with Crippen LogP contribution in [0.4, 0.5) is 18.9 Å². The lowest BCUT2D eigenvalue weighted by atomic mass is 10.1. The van der Waals surface area contributed by atoms with Gasteiger partial charge in [-0.3, -0.25) is 4.79 Å². The van der Waals surface area contributed by atoms with Gasteiger partial charge in [0.15, 0.2) is 0 Å². The van der Waals surface area contributed by atoms with Crippen LogP contribution < -0.4 is 5.32 Å². The molecule has 0 atom stereocenters. The minimum Gasteiger partial charge on any atom is -0.325 e. The molecule has 0 saturated carbocycles. The minimum absolute atomic E-state index is 0.0441. The number of hydrogen-bond acceptors (Lipinski definition) is 2. The molecule has 2 rings (SSSR count). The van der Waals surface area contributed by atoms with E-state index in [1.54, 1.807) is 12.1 Å². The Bertz CT molecular complexity index is 624. The number of halogens is 4. The molecule has 7 heteroatoms. The maximum absolute atomic E-state index is 12.8. The van der Waals surface area contributed by atoms with Gasteiger partial charge >= 0.3 is 6.18 Å². The maximum Gasteiger partial charge on any atom is 0.418 e. The zero-order chi connectivity index (χ0) is 14.8. The second-order valence-corrected chi connectivity index (χ2v) is 6.52. The predicted molar refractivity (Wildman–Crippen MR) is 75.8 cm³/mol. The van der Waals surface area contributed by atoms with Crippen LogP contribution in [0.5, 0.6) is 0 Å². The van der Waals surface area contributed by atoms with Gasteiger partial charge in [-0.15, -0.1) is 11.3 Å². The molecule has 0 saturated heterocycles.